The van der Waals surface area contributed by atoms with Crippen molar-refractivity contribution < 1.29 is 4.79 Å². The van der Waals surface area contributed by atoms with E-state index in [1.807, 2.05) is 43.5 Å². The molecule has 1 aromatic heterocycles. The Morgan fingerprint density at radius 3 is 2.81 bits per heavy atom. The molecule has 1 fully saturated rings. The van der Waals surface area contributed by atoms with Gasteiger partial charge in [-0.1, -0.05) is 18.2 Å². The third kappa shape index (κ3) is 3.22. The van der Waals surface area contributed by atoms with Crippen molar-refractivity contribution in [1.82, 2.24) is 10.3 Å². The predicted molar refractivity (Wildman–Crippen MR) is 88.8 cm³/mol. The number of rotatable bonds is 2. The van der Waals surface area contributed by atoms with Crippen molar-refractivity contribution in [2.45, 2.75) is 13.8 Å². The molecule has 0 aliphatic carbocycles. The van der Waals surface area contributed by atoms with E-state index in [0.29, 0.717) is 10.1 Å². The van der Waals surface area contributed by atoms with E-state index in [1.165, 1.54) is 11.8 Å². The van der Waals surface area contributed by atoms with Crippen molar-refractivity contribution in [2.75, 3.05) is 0 Å². The van der Waals surface area contributed by atoms with Crippen molar-refractivity contribution in [3.05, 3.63) is 50.8 Å². The van der Waals surface area contributed by atoms with Gasteiger partial charge in [-0.15, -0.1) is 11.3 Å². The Morgan fingerprint density at radius 1 is 1.29 bits per heavy atom. The van der Waals surface area contributed by atoms with E-state index in [1.54, 1.807) is 17.4 Å². The zero-order chi connectivity index (χ0) is 14.8. The van der Waals surface area contributed by atoms with Crippen LogP contribution in [0.5, 0.6) is 0 Å². The van der Waals surface area contributed by atoms with Gasteiger partial charge in [-0.25, -0.2) is 9.98 Å². The van der Waals surface area contributed by atoms with Gasteiger partial charge in [0.15, 0.2) is 5.17 Å². The Kier molecular flexibility index (Phi) is 3.90. The monoisotopic (exact) mass is 315 g/mol. The zero-order valence-corrected chi connectivity index (χ0v) is 13.2. The normalized spacial score (nSPS) is 18.5. The van der Waals surface area contributed by atoms with Gasteiger partial charge in [0.2, 0.25) is 0 Å². The topological polar surface area (TPSA) is 54.4 Å². The summed E-state index contributed by atoms with van der Waals surface area (Å²) in [5.74, 6) is -0.127. The summed E-state index contributed by atoms with van der Waals surface area (Å²) in [5, 5.41) is 6.31. The molecule has 1 aliphatic rings. The van der Waals surface area contributed by atoms with Crippen LogP contribution in [0.25, 0.3) is 6.08 Å². The minimum absolute atomic E-state index is 0.127. The highest BCUT2D eigenvalue weighted by atomic mass is 32.2. The number of thioether (sulfide) groups is 1. The molecule has 0 bridgehead atoms. The Balaban J connectivity index is 1.85. The highest BCUT2D eigenvalue weighted by molar-refractivity contribution is 8.18. The zero-order valence-electron chi connectivity index (χ0n) is 11.6. The number of aryl methyl sites for hydroxylation is 2. The van der Waals surface area contributed by atoms with E-state index in [-0.39, 0.29) is 5.91 Å². The van der Waals surface area contributed by atoms with Gasteiger partial charge in [0, 0.05) is 5.38 Å². The van der Waals surface area contributed by atoms with Crippen LogP contribution < -0.4 is 5.32 Å². The lowest BCUT2D eigenvalue weighted by Gasteiger charge is -1.99. The number of amidine groups is 1. The molecule has 1 amide bonds. The molecule has 0 spiro atoms. The van der Waals surface area contributed by atoms with Crippen molar-refractivity contribution in [2.24, 2.45) is 4.99 Å². The molecule has 0 saturated carbocycles. The number of aliphatic imine (C=N–C) groups is 1. The van der Waals surface area contributed by atoms with Crippen LogP contribution in [0.2, 0.25) is 0 Å². The number of carbonyl (C=O) groups is 1. The van der Waals surface area contributed by atoms with Crippen LogP contribution in [-0.4, -0.2) is 16.1 Å². The van der Waals surface area contributed by atoms with Gasteiger partial charge >= 0.3 is 0 Å². The molecule has 1 aliphatic heterocycles. The van der Waals surface area contributed by atoms with Crippen LogP contribution >= 0.6 is 23.1 Å². The number of carbonyl (C=O) groups excluding carboxylic acids is 1. The van der Waals surface area contributed by atoms with Gasteiger partial charge in [0.25, 0.3) is 5.91 Å². The van der Waals surface area contributed by atoms with Crippen LogP contribution in [-0.2, 0) is 4.79 Å². The van der Waals surface area contributed by atoms with E-state index in [9.17, 15) is 4.79 Å². The van der Waals surface area contributed by atoms with E-state index in [0.717, 1.165) is 22.0 Å². The summed E-state index contributed by atoms with van der Waals surface area (Å²) in [6.45, 7) is 3.94. The molecule has 0 radical (unpaired) electrons. The summed E-state index contributed by atoms with van der Waals surface area (Å²) >= 11 is 2.91. The minimum atomic E-state index is -0.127. The molecule has 1 N–H and O–H groups in total. The lowest BCUT2D eigenvalue weighted by molar-refractivity contribution is -0.115. The van der Waals surface area contributed by atoms with Crippen LogP contribution in [0.4, 0.5) is 5.69 Å². The van der Waals surface area contributed by atoms with Gasteiger partial charge < -0.3 is 5.32 Å². The maximum Gasteiger partial charge on any atom is 0.264 e. The van der Waals surface area contributed by atoms with Gasteiger partial charge in [-0.2, -0.15) is 0 Å². The number of nitrogens with one attached hydrogen (secondary N) is 1. The van der Waals surface area contributed by atoms with Gasteiger partial charge in [0.1, 0.15) is 0 Å². The molecule has 0 unspecified atom stereocenters. The summed E-state index contributed by atoms with van der Waals surface area (Å²) < 4.78 is 0. The molecule has 0 atom stereocenters. The lowest BCUT2D eigenvalue weighted by atomic mass is 10.2. The van der Waals surface area contributed by atoms with Crippen LogP contribution in [0, 0.1) is 13.8 Å². The van der Waals surface area contributed by atoms with Crippen molar-refractivity contribution in [1.29, 1.82) is 0 Å². The second-order valence-electron chi connectivity index (χ2n) is 4.56. The molecular weight excluding hydrogens is 302 g/mol. The van der Waals surface area contributed by atoms with E-state index in [2.05, 4.69) is 15.3 Å². The molecule has 2 aromatic rings. The molecule has 6 heteroatoms. The largest absolute Gasteiger partial charge is 0.300 e. The third-order valence-corrected chi connectivity index (χ3v) is 4.61. The van der Waals surface area contributed by atoms with Crippen molar-refractivity contribution in [3.8, 4) is 0 Å². The van der Waals surface area contributed by atoms with Crippen LogP contribution in [0.15, 0.2) is 39.5 Å². The molecule has 21 heavy (non-hydrogen) atoms. The number of para-hydroxylation sites is 1. The lowest BCUT2D eigenvalue weighted by Crippen LogP contribution is -2.19. The smallest absolute Gasteiger partial charge is 0.264 e. The average molecular weight is 315 g/mol. The summed E-state index contributed by atoms with van der Waals surface area (Å²) in [6, 6.07) is 7.83. The number of benzene rings is 1. The number of amides is 1. The third-order valence-electron chi connectivity index (χ3n) is 2.90. The molecule has 106 valence electrons. The fraction of sp³-hybridized carbons (Fsp3) is 0.133. The molecule has 3 rings (SSSR count). The Labute approximate surface area is 131 Å². The summed E-state index contributed by atoms with van der Waals surface area (Å²) in [6.07, 6.45) is 1.80. The second-order valence-corrected chi connectivity index (χ2v) is 6.65. The summed E-state index contributed by atoms with van der Waals surface area (Å²) in [5.41, 5.74) is 2.76. The van der Waals surface area contributed by atoms with Crippen LogP contribution in [0.1, 0.15) is 16.3 Å². The average Bonchev–Trinajstić information content (AvgIpc) is 3.00. The quantitative estimate of drug-likeness (QED) is 0.861. The molecule has 4 nitrogen and oxygen atoms in total. The van der Waals surface area contributed by atoms with E-state index in [4.69, 9.17) is 0 Å². The Bertz CT molecular complexity index is 762. The van der Waals surface area contributed by atoms with Gasteiger partial charge in [-0.05, 0) is 43.3 Å². The number of nitrogens with zero attached hydrogens (tertiary/aromatic N) is 2. The molecule has 2 heterocycles. The van der Waals surface area contributed by atoms with Gasteiger partial charge in [0.05, 0.1) is 21.3 Å². The first-order valence-electron chi connectivity index (χ1n) is 6.39. The number of thiazole rings is 1. The Morgan fingerprint density at radius 2 is 2.10 bits per heavy atom. The SMILES string of the molecule is Cc1nc(/C=C2\SC(=Nc3ccccc3C)NC2=O)cs1. The first kappa shape index (κ1) is 14.0. The molecular formula is C15H13N3OS2. The molecule has 1 saturated heterocycles. The van der Waals surface area contributed by atoms with Gasteiger partial charge in [-0.3, -0.25) is 4.79 Å². The maximum atomic E-state index is 12.0. The first-order chi connectivity index (χ1) is 10.1. The van der Waals surface area contributed by atoms with Crippen LogP contribution in [0.3, 0.4) is 0 Å². The van der Waals surface area contributed by atoms with E-state index >= 15 is 0 Å². The number of hydrogen-bond acceptors (Lipinski definition) is 5. The highest BCUT2D eigenvalue weighted by Crippen LogP contribution is 2.29. The summed E-state index contributed by atoms with van der Waals surface area (Å²) in [4.78, 5) is 21.4. The van der Waals surface area contributed by atoms with Crippen molar-refractivity contribution in [3.63, 3.8) is 0 Å². The molecule has 1 aromatic carbocycles. The maximum absolute atomic E-state index is 12.0. The fourth-order valence-electron chi connectivity index (χ4n) is 1.86. The van der Waals surface area contributed by atoms with Crippen molar-refractivity contribution >= 4 is 45.9 Å². The summed E-state index contributed by atoms with van der Waals surface area (Å²) in [7, 11) is 0. The second kappa shape index (κ2) is 5.83. The highest BCUT2D eigenvalue weighted by Gasteiger charge is 2.24. The first-order valence-corrected chi connectivity index (χ1v) is 8.09. The predicted octanol–water partition coefficient (Wildman–Crippen LogP) is 3.65. The minimum Gasteiger partial charge on any atom is -0.300 e. The van der Waals surface area contributed by atoms with E-state index < -0.39 is 0 Å². The number of aromatic nitrogens is 1. The number of hydrogen-bond donors (Lipinski definition) is 1. The standard InChI is InChI=1S/C15H13N3OS2/c1-9-5-3-4-6-12(9)17-15-18-14(19)13(21-15)7-11-8-20-10(2)16-11/h3-8H,1-2H3,(H,17,18,19)/b13-7-. The Hall–Kier alpha value is -1.92. The fourth-order valence-corrected chi connectivity index (χ4v) is 3.25.